The van der Waals surface area contributed by atoms with Crippen molar-refractivity contribution < 1.29 is 17.7 Å². The topological polar surface area (TPSA) is 63.2 Å². The lowest BCUT2D eigenvalue weighted by Crippen LogP contribution is -2.38. The molecule has 0 aliphatic heterocycles. The average Bonchev–Trinajstić information content (AvgIpc) is 2.00. The summed E-state index contributed by atoms with van der Waals surface area (Å²) < 4.78 is 25.4. The second-order valence-electron chi connectivity index (χ2n) is 4.57. The molecule has 0 radical (unpaired) electrons. The zero-order valence-electron chi connectivity index (χ0n) is 9.91. The zero-order valence-corrected chi connectivity index (χ0v) is 10.7. The van der Waals surface area contributed by atoms with E-state index in [2.05, 4.69) is 0 Å². The molecular weight excluding hydrogens is 216 g/mol. The SMILES string of the molecule is CCC(=O)NS(=O)(=O)CCC[N+](C)(C)C. The highest BCUT2D eigenvalue weighted by molar-refractivity contribution is 7.90. The predicted molar refractivity (Wildman–Crippen MR) is 59.7 cm³/mol. The molecule has 0 spiro atoms. The summed E-state index contributed by atoms with van der Waals surface area (Å²) in [6.07, 6.45) is 0.740. The molecule has 0 aromatic rings. The van der Waals surface area contributed by atoms with Crippen molar-refractivity contribution in [3.8, 4) is 0 Å². The summed E-state index contributed by atoms with van der Waals surface area (Å²) in [4.78, 5) is 10.9. The van der Waals surface area contributed by atoms with Gasteiger partial charge in [0, 0.05) is 12.8 Å². The van der Waals surface area contributed by atoms with E-state index in [1.807, 2.05) is 25.9 Å². The van der Waals surface area contributed by atoms with Crippen LogP contribution in [0.5, 0.6) is 0 Å². The van der Waals surface area contributed by atoms with Gasteiger partial charge in [-0.05, 0) is 0 Å². The number of carbonyl (C=O) groups is 1. The Bertz CT molecular complexity index is 304. The smallest absolute Gasteiger partial charge is 0.235 e. The normalized spacial score (nSPS) is 12.5. The number of sulfonamides is 1. The molecule has 15 heavy (non-hydrogen) atoms. The van der Waals surface area contributed by atoms with Gasteiger partial charge in [0.05, 0.1) is 33.4 Å². The number of rotatable bonds is 6. The summed E-state index contributed by atoms with van der Waals surface area (Å²) in [5.74, 6) is -0.436. The fourth-order valence-corrected chi connectivity index (χ4v) is 2.13. The van der Waals surface area contributed by atoms with Crippen LogP contribution in [0.4, 0.5) is 0 Å². The molecule has 0 bridgehead atoms. The van der Waals surface area contributed by atoms with Crippen LogP contribution >= 0.6 is 0 Å². The van der Waals surface area contributed by atoms with Crippen molar-refractivity contribution in [3.05, 3.63) is 0 Å². The van der Waals surface area contributed by atoms with Crippen molar-refractivity contribution in [1.29, 1.82) is 0 Å². The summed E-state index contributed by atoms with van der Waals surface area (Å²) in [6, 6.07) is 0. The van der Waals surface area contributed by atoms with Crippen LogP contribution in [-0.2, 0) is 14.8 Å². The Morgan fingerprint density at radius 1 is 1.27 bits per heavy atom. The van der Waals surface area contributed by atoms with E-state index in [0.717, 1.165) is 11.0 Å². The van der Waals surface area contributed by atoms with Crippen molar-refractivity contribution in [3.63, 3.8) is 0 Å². The number of hydrogen-bond acceptors (Lipinski definition) is 3. The molecule has 0 saturated carbocycles. The van der Waals surface area contributed by atoms with Gasteiger partial charge in [-0.1, -0.05) is 6.92 Å². The number of nitrogens with one attached hydrogen (secondary N) is 1. The van der Waals surface area contributed by atoms with Crippen LogP contribution < -0.4 is 4.72 Å². The highest BCUT2D eigenvalue weighted by Crippen LogP contribution is 1.97. The van der Waals surface area contributed by atoms with Gasteiger partial charge in [0.1, 0.15) is 0 Å². The van der Waals surface area contributed by atoms with E-state index < -0.39 is 15.9 Å². The van der Waals surface area contributed by atoms with Crippen molar-refractivity contribution in [2.24, 2.45) is 0 Å². The molecule has 0 heterocycles. The van der Waals surface area contributed by atoms with Crippen molar-refractivity contribution in [2.45, 2.75) is 19.8 Å². The van der Waals surface area contributed by atoms with Gasteiger partial charge < -0.3 is 4.48 Å². The molecule has 5 nitrogen and oxygen atoms in total. The Balaban J connectivity index is 4.01. The maximum atomic E-state index is 11.3. The Kier molecular flexibility index (Phi) is 5.23. The molecule has 0 unspecified atom stereocenters. The molecule has 0 rings (SSSR count). The summed E-state index contributed by atoms with van der Waals surface area (Å²) in [5.41, 5.74) is 0. The molecule has 6 heteroatoms. The van der Waals surface area contributed by atoms with Gasteiger partial charge in [-0.2, -0.15) is 0 Å². The maximum absolute atomic E-state index is 11.3. The predicted octanol–water partition coefficient (Wildman–Crippen LogP) is -0.0613. The first-order valence-electron chi connectivity index (χ1n) is 5.00. The zero-order chi connectivity index (χ0) is 12.1. The summed E-state index contributed by atoms with van der Waals surface area (Å²) in [7, 11) is 2.57. The summed E-state index contributed by atoms with van der Waals surface area (Å²) in [5, 5.41) is 0. The van der Waals surface area contributed by atoms with Crippen LogP contribution in [-0.4, -0.2) is 52.2 Å². The standard InChI is InChI=1S/C9H20N2O3S/c1-5-9(12)10-15(13,14)8-6-7-11(2,3)4/h5-8H2,1-4H3/p+1. The highest BCUT2D eigenvalue weighted by Gasteiger charge is 2.15. The van der Waals surface area contributed by atoms with E-state index in [9.17, 15) is 13.2 Å². The lowest BCUT2D eigenvalue weighted by atomic mass is 10.4. The molecule has 0 aliphatic rings. The first-order valence-corrected chi connectivity index (χ1v) is 6.65. The molecule has 0 aromatic carbocycles. The van der Waals surface area contributed by atoms with Crippen LogP contribution in [0.3, 0.4) is 0 Å². The van der Waals surface area contributed by atoms with E-state index in [1.54, 1.807) is 6.92 Å². The second-order valence-corrected chi connectivity index (χ2v) is 6.41. The van der Waals surface area contributed by atoms with Crippen molar-refractivity contribution in [1.82, 2.24) is 4.72 Å². The van der Waals surface area contributed by atoms with Crippen molar-refractivity contribution >= 4 is 15.9 Å². The number of quaternary nitrogens is 1. The third kappa shape index (κ3) is 8.38. The highest BCUT2D eigenvalue weighted by atomic mass is 32.2. The van der Waals surface area contributed by atoms with E-state index in [-0.39, 0.29) is 12.2 Å². The lowest BCUT2D eigenvalue weighted by Gasteiger charge is -2.23. The minimum atomic E-state index is -3.42. The molecule has 1 amide bonds. The number of hydrogen-bond donors (Lipinski definition) is 1. The maximum Gasteiger partial charge on any atom is 0.235 e. The number of amides is 1. The number of nitrogens with zero attached hydrogens (tertiary/aromatic N) is 1. The van der Waals surface area contributed by atoms with Gasteiger partial charge in [-0.25, -0.2) is 8.42 Å². The largest absolute Gasteiger partial charge is 0.331 e. The van der Waals surface area contributed by atoms with E-state index in [0.29, 0.717) is 6.42 Å². The molecule has 90 valence electrons. The Morgan fingerprint density at radius 2 is 1.80 bits per heavy atom. The lowest BCUT2D eigenvalue weighted by molar-refractivity contribution is -0.870. The average molecular weight is 237 g/mol. The molecule has 0 aromatic heterocycles. The second kappa shape index (κ2) is 5.46. The minimum Gasteiger partial charge on any atom is -0.331 e. The molecule has 0 aliphatic carbocycles. The van der Waals surface area contributed by atoms with Gasteiger partial charge in [0.25, 0.3) is 0 Å². The van der Waals surface area contributed by atoms with Crippen LogP contribution in [0, 0.1) is 0 Å². The van der Waals surface area contributed by atoms with Crippen LogP contribution in [0.15, 0.2) is 0 Å². The van der Waals surface area contributed by atoms with Gasteiger partial charge in [-0.15, -0.1) is 0 Å². The third-order valence-electron chi connectivity index (χ3n) is 1.83. The van der Waals surface area contributed by atoms with Crippen molar-refractivity contribution in [2.75, 3.05) is 33.4 Å². The van der Waals surface area contributed by atoms with Crippen LogP contribution in [0.25, 0.3) is 0 Å². The molecule has 0 fully saturated rings. The van der Waals surface area contributed by atoms with E-state index >= 15 is 0 Å². The van der Waals surface area contributed by atoms with E-state index in [1.165, 1.54) is 0 Å². The van der Waals surface area contributed by atoms with Gasteiger partial charge in [-0.3, -0.25) is 9.52 Å². The van der Waals surface area contributed by atoms with Gasteiger partial charge >= 0.3 is 0 Å². The fourth-order valence-electron chi connectivity index (χ4n) is 1.03. The minimum absolute atomic E-state index is 0.00819. The quantitative estimate of drug-likeness (QED) is 0.658. The summed E-state index contributed by atoms with van der Waals surface area (Å²) >= 11 is 0. The Hall–Kier alpha value is -0.620. The number of carbonyl (C=O) groups excluding carboxylic acids is 1. The molecule has 1 N–H and O–H groups in total. The van der Waals surface area contributed by atoms with Crippen LogP contribution in [0.1, 0.15) is 19.8 Å². The van der Waals surface area contributed by atoms with Gasteiger partial charge in [0.15, 0.2) is 0 Å². The van der Waals surface area contributed by atoms with E-state index in [4.69, 9.17) is 0 Å². The molecule has 0 atom stereocenters. The monoisotopic (exact) mass is 237 g/mol. The third-order valence-corrected chi connectivity index (χ3v) is 3.20. The Morgan fingerprint density at radius 3 is 2.20 bits per heavy atom. The molecule has 0 saturated heterocycles. The summed E-state index contributed by atoms with van der Waals surface area (Å²) in [6.45, 7) is 2.39. The fraction of sp³-hybridized carbons (Fsp3) is 0.889. The first kappa shape index (κ1) is 14.4. The van der Waals surface area contributed by atoms with Crippen LogP contribution in [0.2, 0.25) is 0 Å². The first-order chi connectivity index (χ1) is 6.66. The van der Waals surface area contributed by atoms with Gasteiger partial charge in [0.2, 0.25) is 15.9 Å². The Labute approximate surface area is 92.1 Å². The molecular formula is C9H21N2O3S+.